The first-order valence-electron chi connectivity index (χ1n) is 3.82. The van der Waals surface area contributed by atoms with Crippen molar-refractivity contribution in [3.8, 4) is 0 Å². The predicted octanol–water partition coefficient (Wildman–Crippen LogP) is 0.561. The van der Waals surface area contributed by atoms with E-state index in [1.165, 1.54) is 0 Å². The summed E-state index contributed by atoms with van der Waals surface area (Å²) in [6.45, 7) is 4.77. The van der Waals surface area contributed by atoms with Gasteiger partial charge in [-0.3, -0.25) is 0 Å². The average molecular weight is 156 g/mol. The molecule has 1 rings (SSSR count). The van der Waals surface area contributed by atoms with Gasteiger partial charge in [0, 0.05) is 7.05 Å². The lowest BCUT2D eigenvalue weighted by atomic mass is 10.6. The number of aryl methyl sites for hydroxylation is 1. The van der Waals surface area contributed by atoms with E-state index in [1.54, 1.807) is 6.33 Å². The minimum atomic E-state index is 0.774. The smallest absolute Gasteiger partial charge is 0.146 e. The molecule has 0 saturated heterocycles. The fourth-order valence-corrected chi connectivity index (χ4v) is 0.625. The first-order chi connectivity index (χ1) is 5.34. The maximum absolute atomic E-state index is 3.86. The number of nitrogens with one attached hydrogen (secondary N) is 1. The molecule has 0 radical (unpaired) electrons. The summed E-state index contributed by atoms with van der Waals surface area (Å²) in [6, 6.07) is 0. The van der Waals surface area contributed by atoms with Crippen molar-refractivity contribution in [2.75, 3.05) is 7.05 Å². The van der Waals surface area contributed by atoms with E-state index >= 15 is 0 Å². The Morgan fingerprint density at radius 3 is 2.55 bits per heavy atom. The third kappa shape index (κ3) is 3.13. The summed E-state index contributed by atoms with van der Waals surface area (Å²) in [6.07, 6.45) is 1.69. The third-order valence-electron chi connectivity index (χ3n) is 1.14. The average Bonchev–Trinajstić information content (AvgIpc) is 2.42. The summed E-state index contributed by atoms with van der Waals surface area (Å²) in [5.74, 6) is 0.956. The Hall–Kier alpha value is -0.900. The second kappa shape index (κ2) is 5.85. The molecule has 0 aliphatic rings. The molecule has 0 aliphatic carbocycles. The highest BCUT2D eigenvalue weighted by Gasteiger charge is 1.94. The maximum atomic E-state index is 3.86. The third-order valence-corrected chi connectivity index (χ3v) is 1.14. The molecule has 0 bridgehead atoms. The van der Waals surface area contributed by atoms with Crippen molar-refractivity contribution in [3.05, 3.63) is 12.2 Å². The van der Waals surface area contributed by atoms with Crippen LogP contribution in [0.1, 0.15) is 19.7 Å². The largest absolute Gasteiger partial charge is 0.320 e. The fraction of sp³-hybridized carbons (Fsp3) is 0.714. The van der Waals surface area contributed by atoms with Crippen molar-refractivity contribution in [1.29, 1.82) is 0 Å². The molecule has 4 nitrogen and oxygen atoms in total. The van der Waals surface area contributed by atoms with Gasteiger partial charge in [-0.1, -0.05) is 13.8 Å². The van der Waals surface area contributed by atoms with Gasteiger partial charge in [-0.2, -0.15) is 0 Å². The van der Waals surface area contributed by atoms with Gasteiger partial charge in [-0.25, -0.2) is 0 Å². The Morgan fingerprint density at radius 1 is 1.55 bits per heavy atom. The van der Waals surface area contributed by atoms with Gasteiger partial charge in [0.15, 0.2) is 0 Å². The first-order valence-corrected chi connectivity index (χ1v) is 3.82. The lowest BCUT2D eigenvalue weighted by molar-refractivity contribution is 0.707. The van der Waals surface area contributed by atoms with E-state index in [4.69, 9.17) is 0 Å². The van der Waals surface area contributed by atoms with Crippen molar-refractivity contribution in [3.63, 3.8) is 0 Å². The molecule has 0 unspecified atom stereocenters. The van der Waals surface area contributed by atoms with E-state index in [0.29, 0.717) is 0 Å². The summed E-state index contributed by atoms with van der Waals surface area (Å²) in [5, 5.41) is 10.6. The minimum Gasteiger partial charge on any atom is -0.320 e. The molecular formula is C7H16N4. The van der Waals surface area contributed by atoms with Crippen LogP contribution in [0.3, 0.4) is 0 Å². The van der Waals surface area contributed by atoms with Gasteiger partial charge in [0.25, 0.3) is 0 Å². The monoisotopic (exact) mass is 156 g/mol. The minimum absolute atomic E-state index is 0.774. The zero-order chi connectivity index (χ0) is 8.69. The van der Waals surface area contributed by atoms with Crippen molar-refractivity contribution < 1.29 is 0 Å². The summed E-state index contributed by atoms with van der Waals surface area (Å²) < 4.78 is 1.89. The lowest BCUT2D eigenvalue weighted by Crippen LogP contribution is -2.09. The van der Waals surface area contributed by atoms with Gasteiger partial charge >= 0.3 is 0 Å². The Morgan fingerprint density at radius 2 is 2.18 bits per heavy atom. The SMILES string of the molecule is CC.CNCc1nncn1C. The Kier molecular flexibility index (Phi) is 5.37. The molecule has 0 fully saturated rings. The molecule has 1 heterocycles. The highest BCUT2D eigenvalue weighted by Crippen LogP contribution is 1.87. The molecular weight excluding hydrogens is 140 g/mol. The Balaban J connectivity index is 0.000000461. The molecule has 1 aromatic rings. The van der Waals surface area contributed by atoms with Crippen LogP contribution in [0.15, 0.2) is 6.33 Å². The van der Waals surface area contributed by atoms with E-state index in [9.17, 15) is 0 Å². The van der Waals surface area contributed by atoms with Gasteiger partial charge in [0.1, 0.15) is 12.2 Å². The molecule has 0 atom stereocenters. The van der Waals surface area contributed by atoms with Crippen molar-refractivity contribution in [2.24, 2.45) is 7.05 Å². The maximum Gasteiger partial charge on any atom is 0.146 e. The standard InChI is InChI=1S/C5H10N4.C2H6/c1-6-3-5-8-7-4-9(5)2;1-2/h4,6H,3H2,1-2H3;1-2H3. The molecule has 11 heavy (non-hydrogen) atoms. The number of hydrogen-bond acceptors (Lipinski definition) is 3. The summed E-state index contributed by atoms with van der Waals surface area (Å²) in [5.41, 5.74) is 0. The van der Waals surface area contributed by atoms with Crippen molar-refractivity contribution in [1.82, 2.24) is 20.1 Å². The lowest BCUT2D eigenvalue weighted by Gasteiger charge is -1.95. The van der Waals surface area contributed by atoms with Gasteiger partial charge in [0.2, 0.25) is 0 Å². The van der Waals surface area contributed by atoms with Crippen LogP contribution >= 0.6 is 0 Å². The van der Waals surface area contributed by atoms with Gasteiger partial charge in [-0.05, 0) is 7.05 Å². The number of rotatable bonds is 2. The molecule has 0 aliphatic heterocycles. The number of aromatic nitrogens is 3. The first kappa shape index (κ1) is 10.1. The fourth-order valence-electron chi connectivity index (χ4n) is 0.625. The van der Waals surface area contributed by atoms with E-state index in [-0.39, 0.29) is 0 Å². The van der Waals surface area contributed by atoms with Crippen LogP contribution in [0.4, 0.5) is 0 Å². The van der Waals surface area contributed by atoms with Crippen molar-refractivity contribution in [2.45, 2.75) is 20.4 Å². The normalized spacial score (nSPS) is 8.73. The van der Waals surface area contributed by atoms with Gasteiger partial charge < -0.3 is 9.88 Å². The van der Waals surface area contributed by atoms with Crippen LogP contribution in [0.2, 0.25) is 0 Å². The number of hydrogen-bond donors (Lipinski definition) is 1. The van der Waals surface area contributed by atoms with Crippen LogP contribution < -0.4 is 5.32 Å². The summed E-state index contributed by atoms with van der Waals surface area (Å²) in [4.78, 5) is 0. The van der Waals surface area contributed by atoms with Crippen LogP contribution in [0, 0.1) is 0 Å². The molecule has 0 spiro atoms. The van der Waals surface area contributed by atoms with Crippen LogP contribution in [0.25, 0.3) is 0 Å². The van der Waals surface area contributed by atoms with Crippen LogP contribution in [-0.2, 0) is 13.6 Å². The Bertz CT molecular complexity index is 182. The van der Waals surface area contributed by atoms with E-state index in [2.05, 4.69) is 15.5 Å². The van der Waals surface area contributed by atoms with E-state index in [0.717, 1.165) is 12.4 Å². The zero-order valence-electron chi connectivity index (χ0n) is 7.63. The second-order valence-electron chi connectivity index (χ2n) is 1.89. The molecule has 0 amide bonds. The van der Waals surface area contributed by atoms with E-state index < -0.39 is 0 Å². The molecule has 0 aromatic carbocycles. The molecule has 1 N–H and O–H groups in total. The quantitative estimate of drug-likeness (QED) is 0.680. The second-order valence-corrected chi connectivity index (χ2v) is 1.89. The van der Waals surface area contributed by atoms with Crippen LogP contribution in [0.5, 0.6) is 0 Å². The zero-order valence-corrected chi connectivity index (χ0v) is 7.63. The summed E-state index contributed by atoms with van der Waals surface area (Å²) >= 11 is 0. The molecule has 64 valence electrons. The van der Waals surface area contributed by atoms with Crippen molar-refractivity contribution >= 4 is 0 Å². The van der Waals surface area contributed by atoms with E-state index in [1.807, 2.05) is 32.5 Å². The Labute approximate surface area is 67.6 Å². The molecule has 0 saturated carbocycles. The molecule has 4 heteroatoms. The van der Waals surface area contributed by atoms with Gasteiger partial charge in [-0.15, -0.1) is 10.2 Å². The summed E-state index contributed by atoms with van der Waals surface area (Å²) in [7, 11) is 3.81. The predicted molar refractivity (Wildman–Crippen MR) is 45.1 cm³/mol. The highest BCUT2D eigenvalue weighted by molar-refractivity contribution is 4.81. The topological polar surface area (TPSA) is 42.7 Å². The van der Waals surface area contributed by atoms with Gasteiger partial charge in [0.05, 0.1) is 6.54 Å². The number of nitrogens with zero attached hydrogens (tertiary/aromatic N) is 3. The highest BCUT2D eigenvalue weighted by atomic mass is 15.3. The van der Waals surface area contributed by atoms with Crippen LogP contribution in [-0.4, -0.2) is 21.8 Å². The molecule has 1 aromatic heterocycles.